The average molecular weight is 724 g/mol. The van der Waals surface area contributed by atoms with Crippen LogP contribution in [0.15, 0.2) is 34.5 Å². The van der Waals surface area contributed by atoms with E-state index in [0.29, 0.717) is 50.9 Å². The molecule has 0 bridgehead atoms. The molecule has 2 rings (SSSR count). The summed E-state index contributed by atoms with van der Waals surface area (Å²) in [5.41, 5.74) is 6.35. The first-order chi connectivity index (χ1) is 24.6. The van der Waals surface area contributed by atoms with Gasteiger partial charge in [-0.2, -0.15) is 10.2 Å². The lowest BCUT2D eigenvalue weighted by Gasteiger charge is -2.31. The zero-order chi connectivity index (χ0) is 38.9. The van der Waals surface area contributed by atoms with Crippen LogP contribution in [0.25, 0.3) is 0 Å². The number of amides is 1. The first-order valence-corrected chi connectivity index (χ1v) is 18.3. The van der Waals surface area contributed by atoms with E-state index in [9.17, 15) is 29.4 Å². The highest BCUT2D eigenvalue weighted by atomic mass is 16.5. The quantitative estimate of drug-likeness (QED) is 0.0795. The lowest BCUT2D eigenvalue weighted by atomic mass is 10.1. The number of rotatable bonds is 24. The summed E-state index contributed by atoms with van der Waals surface area (Å²) < 4.78 is 5.83. The van der Waals surface area contributed by atoms with E-state index >= 15 is 0 Å². The van der Waals surface area contributed by atoms with Crippen LogP contribution in [0.3, 0.4) is 0 Å². The van der Waals surface area contributed by atoms with Gasteiger partial charge in [-0.05, 0) is 57.3 Å². The highest BCUT2D eigenvalue weighted by Crippen LogP contribution is 2.15. The third-order valence-electron chi connectivity index (χ3n) is 7.06. The SMILES string of the molecule is CC.CC.CCC(=O)O.CCCCCN(CCN(CCC)C(CCC(=O)NCCCCOc1cccc(C2=NNC=NN2)c1)C(=O)O)CC(=O)O. The highest BCUT2D eigenvalue weighted by molar-refractivity contribution is 6.00. The van der Waals surface area contributed by atoms with Crippen molar-refractivity contribution < 1.29 is 39.2 Å². The first kappa shape index (κ1) is 48.9. The lowest BCUT2D eigenvalue weighted by molar-refractivity contribution is -0.144. The summed E-state index contributed by atoms with van der Waals surface area (Å²) in [7, 11) is 0. The Kier molecular flexibility index (Phi) is 31.6. The topological polar surface area (TPSA) is 205 Å². The first-order valence-electron chi connectivity index (χ1n) is 18.3. The number of carbonyl (C=O) groups excluding carboxylic acids is 1. The van der Waals surface area contributed by atoms with Gasteiger partial charge in [0.1, 0.15) is 18.1 Å². The number of carbonyl (C=O) groups is 4. The lowest BCUT2D eigenvalue weighted by Crippen LogP contribution is -2.46. The third kappa shape index (κ3) is 25.4. The van der Waals surface area contributed by atoms with E-state index in [0.717, 1.165) is 44.1 Å². The molecule has 1 amide bonds. The molecule has 1 aliphatic heterocycles. The molecule has 0 spiro atoms. The number of hydrogen-bond donors (Lipinski definition) is 6. The van der Waals surface area contributed by atoms with Crippen LogP contribution in [0.1, 0.15) is 112 Å². The van der Waals surface area contributed by atoms with Gasteiger partial charge < -0.3 is 25.4 Å². The molecule has 15 nitrogen and oxygen atoms in total. The maximum atomic E-state index is 12.5. The minimum atomic E-state index is -0.969. The van der Waals surface area contributed by atoms with E-state index in [2.05, 4.69) is 33.3 Å². The van der Waals surface area contributed by atoms with Crippen molar-refractivity contribution in [2.24, 2.45) is 10.2 Å². The molecule has 1 unspecified atom stereocenters. The van der Waals surface area contributed by atoms with Gasteiger partial charge in [0.05, 0.1) is 13.2 Å². The standard InChI is InChI=1S/C29H47N7O6.C3H6O2.2C2H6/c1-3-5-7-16-35(21-27(38)39)17-18-36(15-4-2)25(29(40)41)12-13-26(37)30-14-6-8-19-42-24-11-9-10-23(20-24)28-33-31-22-32-34-28;1-2-3(4)5;2*1-2/h9-11,20,22,25H,3-8,12-19,21H2,1-2H3,(H,30,37)(H,31,32)(H,33,34)(H,38,39)(H,40,41);2H2,1H3,(H,4,5);2*1-2H3. The van der Waals surface area contributed by atoms with Crippen LogP contribution in [0, 0.1) is 0 Å². The number of unbranched alkanes of at least 4 members (excludes halogenated alkanes) is 3. The summed E-state index contributed by atoms with van der Waals surface area (Å²) in [4.78, 5) is 49.0. The predicted octanol–water partition coefficient (Wildman–Crippen LogP) is 4.82. The van der Waals surface area contributed by atoms with Crippen molar-refractivity contribution in [1.82, 2.24) is 26.0 Å². The number of hydrogen-bond acceptors (Lipinski definition) is 11. The Morgan fingerprint density at radius 2 is 1.59 bits per heavy atom. The summed E-state index contributed by atoms with van der Waals surface area (Å²) in [5, 5.41) is 37.8. The van der Waals surface area contributed by atoms with E-state index in [-0.39, 0.29) is 31.7 Å². The van der Waals surface area contributed by atoms with E-state index in [1.807, 2.05) is 68.7 Å². The number of nitrogens with one attached hydrogen (secondary N) is 3. The fourth-order valence-corrected chi connectivity index (χ4v) is 4.59. The Hall–Kier alpha value is -4.24. The molecule has 51 heavy (non-hydrogen) atoms. The summed E-state index contributed by atoms with van der Waals surface area (Å²) in [6.07, 6.45) is 7.15. The number of amidine groups is 1. The number of hydrazone groups is 2. The van der Waals surface area contributed by atoms with Gasteiger partial charge in [0, 0.05) is 38.0 Å². The number of ether oxygens (including phenoxy) is 1. The van der Waals surface area contributed by atoms with Crippen LogP contribution in [0.2, 0.25) is 0 Å². The van der Waals surface area contributed by atoms with Crippen LogP contribution in [0.5, 0.6) is 5.75 Å². The van der Waals surface area contributed by atoms with Crippen LogP contribution in [0.4, 0.5) is 0 Å². The van der Waals surface area contributed by atoms with Gasteiger partial charge in [-0.25, -0.2) is 0 Å². The molecule has 292 valence electrons. The predicted molar refractivity (Wildman–Crippen MR) is 202 cm³/mol. The van der Waals surface area contributed by atoms with Crippen molar-refractivity contribution in [3.63, 3.8) is 0 Å². The summed E-state index contributed by atoms with van der Waals surface area (Å²) in [6.45, 7) is 16.7. The number of nitrogens with zero attached hydrogens (tertiary/aromatic N) is 4. The molecule has 1 aliphatic rings. The number of carboxylic acid groups (broad SMARTS) is 3. The number of aliphatic carboxylic acids is 3. The summed E-state index contributed by atoms with van der Waals surface area (Å²) >= 11 is 0. The molecule has 0 radical (unpaired) electrons. The summed E-state index contributed by atoms with van der Waals surface area (Å²) in [6, 6.07) is 6.70. The van der Waals surface area contributed by atoms with Gasteiger partial charge in [-0.15, -0.1) is 0 Å². The van der Waals surface area contributed by atoms with Crippen molar-refractivity contribution >= 4 is 36.0 Å². The van der Waals surface area contributed by atoms with Gasteiger partial charge >= 0.3 is 17.9 Å². The maximum absolute atomic E-state index is 12.5. The highest BCUT2D eigenvalue weighted by Gasteiger charge is 2.26. The second kappa shape index (κ2) is 32.9. The van der Waals surface area contributed by atoms with Gasteiger partial charge in [-0.1, -0.05) is 73.4 Å². The molecule has 1 atom stereocenters. The smallest absolute Gasteiger partial charge is 0.320 e. The van der Waals surface area contributed by atoms with E-state index in [4.69, 9.17) is 9.84 Å². The molecule has 0 aliphatic carbocycles. The van der Waals surface area contributed by atoms with Crippen molar-refractivity contribution in [2.75, 3.05) is 45.9 Å². The molecule has 0 saturated carbocycles. The van der Waals surface area contributed by atoms with Gasteiger partial charge in [-0.3, -0.25) is 39.8 Å². The molecule has 6 N–H and O–H groups in total. The van der Waals surface area contributed by atoms with Crippen LogP contribution >= 0.6 is 0 Å². The van der Waals surface area contributed by atoms with Gasteiger partial charge in [0.2, 0.25) is 5.91 Å². The van der Waals surface area contributed by atoms with Crippen molar-refractivity contribution in [1.29, 1.82) is 0 Å². The number of benzene rings is 1. The Labute approximate surface area is 304 Å². The third-order valence-corrected chi connectivity index (χ3v) is 7.06. The monoisotopic (exact) mass is 723 g/mol. The second-order valence-corrected chi connectivity index (χ2v) is 10.9. The van der Waals surface area contributed by atoms with Crippen molar-refractivity contribution in [3.05, 3.63) is 29.8 Å². The molecular formula is C36H65N7O8. The Bertz CT molecular complexity index is 1150. The molecule has 1 aromatic carbocycles. The largest absolute Gasteiger partial charge is 0.494 e. The molecule has 0 saturated heterocycles. The maximum Gasteiger partial charge on any atom is 0.320 e. The minimum absolute atomic E-state index is 0.0677. The molecule has 1 heterocycles. The van der Waals surface area contributed by atoms with Crippen LogP contribution < -0.4 is 20.9 Å². The fraction of sp³-hybridized carbons (Fsp3) is 0.667. The van der Waals surface area contributed by atoms with Crippen molar-refractivity contribution in [3.8, 4) is 5.75 Å². The van der Waals surface area contributed by atoms with E-state index in [1.54, 1.807) is 6.92 Å². The number of carboxylic acids is 3. The molecule has 0 aromatic heterocycles. The molecule has 15 heteroatoms. The van der Waals surface area contributed by atoms with Crippen LogP contribution in [-0.2, 0) is 19.2 Å². The Morgan fingerprint density at radius 3 is 2.16 bits per heavy atom. The van der Waals surface area contributed by atoms with Crippen molar-refractivity contribution in [2.45, 2.75) is 112 Å². The van der Waals surface area contributed by atoms with Gasteiger partial charge in [0.25, 0.3) is 0 Å². The Balaban J connectivity index is 0. The normalized spacial score (nSPS) is 11.9. The zero-order valence-electron chi connectivity index (χ0n) is 31.9. The molecular weight excluding hydrogens is 658 g/mol. The van der Waals surface area contributed by atoms with Crippen LogP contribution in [-0.4, -0.2) is 113 Å². The zero-order valence-corrected chi connectivity index (χ0v) is 31.9. The second-order valence-electron chi connectivity index (χ2n) is 10.9. The average Bonchev–Trinajstić information content (AvgIpc) is 3.14. The molecule has 0 fully saturated rings. The fourth-order valence-electron chi connectivity index (χ4n) is 4.59. The minimum Gasteiger partial charge on any atom is -0.494 e. The van der Waals surface area contributed by atoms with E-state index < -0.39 is 23.9 Å². The van der Waals surface area contributed by atoms with Gasteiger partial charge in [0.15, 0.2) is 5.84 Å². The van der Waals surface area contributed by atoms with E-state index in [1.165, 1.54) is 6.34 Å². The Morgan fingerprint density at radius 1 is 0.882 bits per heavy atom. The summed E-state index contributed by atoms with van der Waals surface area (Å²) in [5.74, 6) is -1.49. The molecule has 1 aromatic rings.